The second-order valence-electron chi connectivity index (χ2n) is 7.84. The molecule has 7 nitrogen and oxygen atoms in total. The first kappa shape index (κ1) is 21.6. The number of hydrogen-bond acceptors (Lipinski definition) is 6. The van der Waals surface area contributed by atoms with Crippen molar-refractivity contribution in [1.29, 1.82) is 0 Å². The van der Waals surface area contributed by atoms with Gasteiger partial charge < -0.3 is 9.32 Å². The lowest BCUT2D eigenvalue weighted by molar-refractivity contribution is 0.530. The standard InChI is InChI=1S/C26H20ClN5O2/c1-31(2)20-14-10-18(11-15-20)24-29-30-26(34-24)32-23(16-9-17-7-12-19(27)13-8-17)28-22-6-4-3-5-21(22)25(32)33/h3-16H,1-2H3/b16-9+. The van der Waals surface area contributed by atoms with Gasteiger partial charge in [-0.05, 0) is 60.2 Å². The number of fused-ring (bicyclic) bond motifs is 1. The highest BCUT2D eigenvalue weighted by atomic mass is 35.5. The van der Waals surface area contributed by atoms with Crippen LogP contribution in [-0.2, 0) is 0 Å². The number of rotatable bonds is 5. The maximum Gasteiger partial charge on any atom is 0.331 e. The van der Waals surface area contributed by atoms with E-state index >= 15 is 0 Å². The summed E-state index contributed by atoms with van der Waals surface area (Å²) < 4.78 is 7.26. The third-order valence-corrected chi connectivity index (χ3v) is 5.58. The topological polar surface area (TPSA) is 77.1 Å². The smallest absolute Gasteiger partial charge is 0.331 e. The maximum atomic E-state index is 13.4. The summed E-state index contributed by atoms with van der Waals surface area (Å²) in [5.41, 5.74) is 3.00. The van der Waals surface area contributed by atoms with Gasteiger partial charge in [0.1, 0.15) is 5.82 Å². The van der Waals surface area contributed by atoms with Gasteiger partial charge in [-0.1, -0.05) is 47.0 Å². The van der Waals surface area contributed by atoms with E-state index in [1.807, 2.05) is 67.5 Å². The van der Waals surface area contributed by atoms with Gasteiger partial charge in [-0.15, -0.1) is 5.10 Å². The molecule has 0 saturated heterocycles. The molecular formula is C26H20ClN5O2. The van der Waals surface area contributed by atoms with Crippen LogP contribution in [0.15, 0.2) is 82.0 Å². The molecule has 0 bridgehead atoms. The summed E-state index contributed by atoms with van der Waals surface area (Å²) in [5, 5.41) is 9.44. The van der Waals surface area contributed by atoms with Crippen molar-refractivity contribution in [3.05, 3.63) is 99.6 Å². The molecule has 0 aliphatic carbocycles. The van der Waals surface area contributed by atoms with Crippen molar-refractivity contribution in [3.63, 3.8) is 0 Å². The van der Waals surface area contributed by atoms with Crippen LogP contribution in [0.2, 0.25) is 5.02 Å². The first-order valence-electron chi connectivity index (χ1n) is 10.6. The molecule has 0 aliphatic heterocycles. The van der Waals surface area contributed by atoms with Gasteiger partial charge in [0.15, 0.2) is 0 Å². The maximum absolute atomic E-state index is 13.4. The first-order chi connectivity index (χ1) is 16.5. The quantitative estimate of drug-likeness (QED) is 0.346. The predicted molar refractivity (Wildman–Crippen MR) is 135 cm³/mol. The predicted octanol–water partition coefficient (Wildman–Crippen LogP) is 5.33. The molecule has 34 heavy (non-hydrogen) atoms. The van der Waals surface area contributed by atoms with Crippen LogP contribution in [0.25, 0.3) is 40.5 Å². The van der Waals surface area contributed by atoms with E-state index in [0.29, 0.717) is 27.6 Å². The minimum Gasteiger partial charge on any atom is -0.403 e. The Labute approximate surface area is 200 Å². The van der Waals surface area contributed by atoms with Crippen LogP contribution >= 0.6 is 11.6 Å². The van der Waals surface area contributed by atoms with Gasteiger partial charge >= 0.3 is 6.01 Å². The highest BCUT2D eigenvalue weighted by Gasteiger charge is 2.17. The molecule has 8 heteroatoms. The van der Waals surface area contributed by atoms with Crippen molar-refractivity contribution in [2.75, 3.05) is 19.0 Å². The summed E-state index contributed by atoms with van der Waals surface area (Å²) in [4.78, 5) is 20.1. The lowest BCUT2D eigenvalue weighted by atomic mass is 10.2. The van der Waals surface area contributed by atoms with E-state index in [1.165, 1.54) is 4.57 Å². The van der Waals surface area contributed by atoms with Gasteiger partial charge in [0.2, 0.25) is 5.89 Å². The Hall–Kier alpha value is -4.23. The number of anilines is 1. The third-order valence-electron chi connectivity index (χ3n) is 5.33. The average Bonchev–Trinajstić information content (AvgIpc) is 3.33. The van der Waals surface area contributed by atoms with Gasteiger partial charge in [-0.2, -0.15) is 0 Å². The Bertz CT molecular complexity index is 1550. The van der Waals surface area contributed by atoms with Crippen LogP contribution in [0.5, 0.6) is 0 Å². The first-order valence-corrected chi connectivity index (χ1v) is 10.9. The molecule has 0 atom stereocenters. The Morgan fingerprint density at radius 2 is 1.65 bits per heavy atom. The minimum absolute atomic E-state index is 0.0469. The summed E-state index contributed by atoms with van der Waals surface area (Å²) in [6.45, 7) is 0. The zero-order valence-electron chi connectivity index (χ0n) is 18.5. The van der Waals surface area contributed by atoms with Crippen molar-refractivity contribution < 1.29 is 4.42 Å². The fourth-order valence-corrected chi connectivity index (χ4v) is 3.64. The van der Waals surface area contributed by atoms with E-state index in [2.05, 4.69) is 15.2 Å². The van der Waals surface area contributed by atoms with Gasteiger partial charge in [0.05, 0.1) is 10.9 Å². The van der Waals surface area contributed by atoms with Gasteiger partial charge in [-0.25, -0.2) is 9.55 Å². The highest BCUT2D eigenvalue weighted by Crippen LogP contribution is 2.23. The second kappa shape index (κ2) is 8.96. The Morgan fingerprint density at radius 3 is 2.38 bits per heavy atom. The van der Waals surface area contributed by atoms with E-state index in [9.17, 15) is 4.79 Å². The van der Waals surface area contributed by atoms with Gasteiger partial charge in [-0.3, -0.25) is 4.79 Å². The molecule has 0 N–H and O–H groups in total. The monoisotopic (exact) mass is 469 g/mol. The third kappa shape index (κ3) is 4.21. The van der Waals surface area contributed by atoms with Crippen molar-refractivity contribution >= 4 is 40.3 Å². The number of aromatic nitrogens is 4. The van der Waals surface area contributed by atoms with Crippen LogP contribution in [0, 0.1) is 0 Å². The van der Waals surface area contributed by atoms with Crippen molar-refractivity contribution in [3.8, 4) is 17.5 Å². The number of para-hydroxylation sites is 1. The average molecular weight is 470 g/mol. The van der Waals surface area contributed by atoms with Crippen LogP contribution in [-0.4, -0.2) is 33.8 Å². The Morgan fingerprint density at radius 1 is 0.912 bits per heavy atom. The molecule has 0 radical (unpaired) electrons. The summed E-state index contributed by atoms with van der Waals surface area (Å²) in [6.07, 6.45) is 3.59. The van der Waals surface area contributed by atoms with E-state index in [1.54, 1.807) is 36.4 Å². The lowest BCUT2D eigenvalue weighted by Gasteiger charge is -2.11. The largest absolute Gasteiger partial charge is 0.403 e. The molecule has 3 aromatic carbocycles. The number of benzene rings is 3. The molecule has 168 valence electrons. The van der Waals surface area contributed by atoms with Crippen molar-refractivity contribution in [2.45, 2.75) is 0 Å². The van der Waals surface area contributed by atoms with Crippen LogP contribution in [0.3, 0.4) is 0 Å². The van der Waals surface area contributed by atoms with Gasteiger partial charge in [0.25, 0.3) is 5.56 Å². The molecule has 0 amide bonds. The zero-order valence-corrected chi connectivity index (χ0v) is 19.3. The fraction of sp³-hybridized carbons (Fsp3) is 0.0769. The van der Waals surface area contributed by atoms with E-state index < -0.39 is 0 Å². The van der Waals surface area contributed by atoms with Crippen LogP contribution in [0.1, 0.15) is 11.4 Å². The Balaban J connectivity index is 1.61. The van der Waals surface area contributed by atoms with E-state index in [-0.39, 0.29) is 11.6 Å². The molecule has 0 aliphatic rings. The van der Waals surface area contributed by atoms with Crippen molar-refractivity contribution in [2.24, 2.45) is 0 Å². The number of halogens is 1. The van der Waals surface area contributed by atoms with Crippen LogP contribution in [0.4, 0.5) is 5.69 Å². The molecular weight excluding hydrogens is 450 g/mol. The summed E-state index contributed by atoms with van der Waals surface area (Å²) >= 11 is 5.99. The Kier molecular flexibility index (Phi) is 5.69. The minimum atomic E-state index is -0.292. The molecule has 0 unspecified atom stereocenters. The summed E-state index contributed by atoms with van der Waals surface area (Å²) in [6, 6.07) is 22.3. The second-order valence-corrected chi connectivity index (χ2v) is 8.28. The highest BCUT2D eigenvalue weighted by molar-refractivity contribution is 6.30. The molecule has 5 rings (SSSR count). The zero-order chi connectivity index (χ0) is 23.7. The normalized spacial score (nSPS) is 11.4. The van der Waals surface area contributed by atoms with Crippen LogP contribution < -0.4 is 10.5 Å². The SMILES string of the molecule is CN(C)c1ccc(-c2nnc(-n3c(/C=C/c4ccc(Cl)cc4)nc4ccccc4c3=O)o2)cc1. The van der Waals surface area contributed by atoms with Crippen molar-refractivity contribution in [1.82, 2.24) is 19.7 Å². The molecule has 0 fully saturated rings. The molecule has 0 spiro atoms. The fourth-order valence-electron chi connectivity index (χ4n) is 3.52. The lowest BCUT2D eigenvalue weighted by Crippen LogP contribution is -2.22. The van der Waals surface area contributed by atoms with Gasteiger partial charge in [0, 0.05) is 30.4 Å². The van der Waals surface area contributed by atoms with E-state index in [0.717, 1.165) is 16.8 Å². The molecule has 2 aromatic heterocycles. The van der Waals surface area contributed by atoms with E-state index in [4.69, 9.17) is 16.0 Å². The summed E-state index contributed by atoms with van der Waals surface area (Å²) in [7, 11) is 3.94. The molecule has 2 heterocycles. The molecule has 0 saturated carbocycles. The number of hydrogen-bond donors (Lipinski definition) is 0. The summed E-state index contributed by atoms with van der Waals surface area (Å²) in [5.74, 6) is 0.685. The molecule has 5 aromatic rings. The number of nitrogens with zero attached hydrogens (tertiary/aromatic N) is 5.